The molecule has 122 valence electrons. The minimum atomic E-state index is -0.423. The Balaban J connectivity index is 2.00. The number of nitrogens with zero attached hydrogens (tertiary/aromatic N) is 1. The Hall–Kier alpha value is -2.58. The van der Waals surface area contributed by atoms with Crippen molar-refractivity contribution in [3.05, 3.63) is 75.4 Å². The first kappa shape index (κ1) is 17.8. The van der Waals surface area contributed by atoms with Crippen molar-refractivity contribution in [1.82, 2.24) is 5.32 Å². The van der Waals surface area contributed by atoms with Gasteiger partial charge in [0.25, 0.3) is 5.91 Å². The van der Waals surface area contributed by atoms with Crippen LogP contribution in [0, 0.1) is 25.2 Å². The number of amides is 1. The maximum absolute atomic E-state index is 12.2. The molecule has 0 radical (unpaired) electrons. The molecule has 0 aliphatic heterocycles. The number of benzene rings is 2. The third kappa shape index (κ3) is 4.97. The van der Waals surface area contributed by atoms with Crippen molar-refractivity contribution in [2.75, 3.05) is 5.32 Å². The number of nitriles is 1. The van der Waals surface area contributed by atoms with E-state index in [2.05, 4.69) is 26.6 Å². The number of anilines is 1. The van der Waals surface area contributed by atoms with Gasteiger partial charge in [0.1, 0.15) is 11.6 Å². The van der Waals surface area contributed by atoms with E-state index < -0.39 is 5.91 Å². The number of rotatable bonds is 5. The fraction of sp³-hybridized carbons (Fsp3) is 0.158. The minimum absolute atomic E-state index is 0.0343. The second-order valence-electron chi connectivity index (χ2n) is 5.45. The van der Waals surface area contributed by atoms with E-state index in [0.29, 0.717) is 12.2 Å². The number of halogens is 1. The first-order chi connectivity index (χ1) is 11.5. The normalized spacial score (nSPS) is 10.8. The molecule has 0 saturated carbocycles. The zero-order valence-corrected chi connectivity index (χ0v) is 15.1. The van der Waals surface area contributed by atoms with E-state index in [4.69, 9.17) is 0 Å². The Morgan fingerprint density at radius 3 is 2.54 bits per heavy atom. The lowest BCUT2D eigenvalue weighted by molar-refractivity contribution is -0.112. The van der Waals surface area contributed by atoms with Crippen LogP contribution in [0.15, 0.2) is 58.7 Å². The molecule has 0 fully saturated rings. The van der Waals surface area contributed by atoms with Crippen LogP contribution in [0.3, 0.4) is 0 Å². The summed E-state index contributed by atoms with van der Waals surface area (Å²) in [7, 11) is 0. The van der Waals surface area contributed by atoms with Gasteiger partial charge in [0, 0.05) is 22.9 Å². The van der Waals surface area contributed by atoms with E-state index in [-0.39, 0.29) is 5.57 Å². The summed E-state index contributed by atoms with van der Waals surface area (Å²) in [6.45, 7) is 4.45. The molecule has 0 bridgehead atoms. The van der Waals surface area contributed by atoms with Crippen LogP contribution >= 0.6 is 15.9 Å². The third-order valence-corrected chi connectivity index (χ3v) is 3.99. The number of aryl methyl sites for hydroxylation is 2. The highest BCUT2D eigenvalue weighted by atomic mass is 79.9. The molecule has 2 rings (SSSR count). The van der Waals surface area contributed by atoms with Gasteiger partial charge >= 0.3 is 0 Å². The van der Waals surface area contributed by atoms with Gasteiger partial charge in [0.2, 0.25) is 0 Å². The van der Waals surface area contributed by atoms with Gasteiger partial charge < -0.3 is 10.6 Å². The molecule has 24 heavy (non-hydrogen) atoms. The average molecular weight is 384 g/mol. The van der Waals surface area contributed by atoms with E-state index in [1.807, 2.05) is 62.4 Å². The van der Waals surface area contributed by atoms with Gasteiger partial charge in [-0.15, -0.1) is 0 Å². The highest BCUT2D eigenvalue weighted by Gasteiger charge is 2.10. The first-order valence-electron chi connectivity index (χ1n) is 7.46. The Kier molecular flexibility index (Phi) is 6.16. The van der Waals surface area contributed by atoms with Crippen molar-refractivity contribution in [2.45, 2.75) is 20.4 Å². The Bertz CT molecular complexity index is 804. The van der Waals surface area contributed by atoms with Gasteiger partial charge in [-0.25, -0.2) is 0 Å². The van der Waals surface area contributed by atoms with Crippen molar-refractivity contribution in [3.63, 3.8) is 0 Å². The number of carbonyl (C=O) groups excluding carboxylic acids is 1. The zero-order valence-electron chi connectivity index (χ0n) is 13.6. The summed E-state index contributed by atoms with van der Waals surface area (Å²) in [5.74, 6) is -0.423. The number of carbonyl (C=O) groups is 1. The maximum atomic E-state index is 12.2. The van der Waals surface area contributed by atoms with Crippen molar-refractivity contribution < 1.29 is 4.79 Å². The van der Waals surface area contributed by atoms with Crippen molar-refractivity contribution >= 4 is 27.5 Å². The third-order valence-electron chi connectivity index (χ3n) is 3.46. The number of nitrogens with one attached hydrogen (secondary N) is 2. The fourth-order valence-corrected chi connectivity index (χ4v) is 2.43. The highest BCUT2D eigenvalue weighted by molar-refractivity contribution is 9.10. The van der Waals surface area contributed by atoms with Gasteiger partial charge in [-0.3, -0.25) is 4.79 Å². The predicted molar refractivity (Wildman–Crippen MR) is 99.2 cm³/mol. The SMILES string of the molecule is Cc1ccc(NC(=O)/C(C#N)=C\NCc2ccc(Br)cc2)c(C)c1. The number of hydrogen-bond acceptors (Lipinski definition) is 3. The lowest BCUT2D eigenvalue weighted by Gasteiger charge is -2.09. The maximum Gasteiger partial charge on any atom is 0.267 e. The highest BCUT2D eigenvalue weighted by Crippen LogP contribution is 2.16. The van der Waals surface area contributed by atoms with Crippen LogP contribution in [0.1, 0.15) is 16.7 Å². The Labute approximate surface area is 150 Å². The standard InChI is InChI=1S/C19H18BrN3O/c1-13-3-8-18(14(2)9-13)23-19(24)16(10-21)12-22-11-15-4-6-17(20)7-5-15/h3-9,12,22H,11H2,1-2H3,(H,23,24)/b16-12-. The van der Waals surface area contributed by atoms with E-state index in [9.17, 15) is 10.1 Å². The molecule has 2 N–H and O–H groups in total. The van der Waals surface area contributed by atoms with Gasteiger partial charge in [0.15, 0.2) is 0 Å². The van der Waals surface area contributed by atoms with E-state index in [1.54, 1.807) is 0 Å². The van der Waals surface area contributed by atoms with Crippen LogP contribution in [0.4, 0.5) is 5.69 Å². The quantitative estimate of drug-likeness (QED) is 0.600. The molecule has 0 aliphatic rings. The lowest BCUT2D eigenvalue weighted by atomic mass is 10.1. The smallest absolute Gasteiger partial charge is 0.267 e. The largest absolute Gasteiger partial charge is 0.386 e. The Morgan fingerprint density at radius 1 is 1.21 bits per heavy atom. The summed E-state index contributed by atoms with van der Waals surface area (Å²) in [5, 5.41) is 15.0. The summed E-state index contributed by atoms with van der Waals surface area (Å²) in [5.41, 5.74) is 3.88. The molecule has 0 saturated heterocycles. The summed E-state index contributed by atoms with van der Waals surface area (Å²) >= 11 is 3.38. The van der Waals surface area contributed by atoms with E-state index >= 15 is 0 Å². The summed E-state index contributed by atoms with van der Waals surface area (Å²) < 4.78 is 1.01. The number of hydrogen-bond donors (Lipinski definition) is 2. The van der Waals surface area contributed by atoms with Crippen LogP contribution < -0.4 is 10.6 Å². The zero-order chi connectivity index (χ0) is 17.5. The second-order valence-corrected chi connectivity index (χ2v) is 6.37. The van der Waals surface area contributed by atoms with Crippen LogP contribution in [0.25, 0.3) is 0 Å². The molecule has 1 amide bonds. The van der Waals surface area contributed by atoms with Crippen LogP contribution in [-0.4, -0.2) is 5.91 Å². The molecule has 0 heterocycles. The Morgan fingerprint density at radius 2 is 1.92 bits per heavy atom. The second kappa shape index (κ2) is 8.32. The molecule has 0 aliphatic carbocycles. The van der Waals surface area contributed by atoms with Crippen LogP contribution in [-0.2, 0) is 11.3 Å². The van der Waals surface area contributed by atoms with Crippen molar-refractivity contribution in [3.8, 4) is 6.07 Å². The average Bonchev–Trinajstić information content (AvgIpc) is 2.56. The molecule has 0 atom stereocenters. The lowest BCUT2D eigenvalue weighted by Crippen LogP contribution is -2.17. The topological polar surface area (TPSA) is 64.9 Å². The summed E-state index contributed by atoms with van der Waals surface area (Å²) in [6.07, 6.45) is 1.45. The van der Waals surface area contributed by atoms with Crippen molar-refractivity contribution in [1.29, 1.82) is 5.26 Å². The molecule has 4 nitrogen and oxygen atoms in total. The van der Waals surface area contributed by atoms with E-state index in [1.165, 1.54) is 6.20 Å². The van der Waals surface area contributed by atoms with E-state index in [0.717, 1.165) is 21.2 Å². The molecule has 2 aromatic rings. The summed E-state index contributed by atoms with van der Waals surface area (Å²) in [4.78, 5) is 12.2. The van der Waals surface area contributed by atoms with Gasteiger partial charge in [-0.1, -0.05) is 45.8 Å². The van der Waals surface area contributed by atoms with Gasteiger partial charge in [-0.05, 0) is 43.2 Å². The minimum Gasteiger partial charge on any atom is -0.386 e. The monoisotopic (exact) mass is 383 g/mol. The first-order valence-corrected chi connectivity index (χ1v) is 8.25. The molecule has 2 aromatic carbocycles. The molecule has 0 aromatic heterocycles. The molecule has 5 heteroatoms. The fourth-order valence-electron chi connectivity index (χ4n) is 2.17. The van der Waals surface area contributed by atoms with Gasteiger partial charge in [-0.2, -0.15) is 5.26 Å². The molecule has 0 spiro atoms. The predicted octanol–water partition coefficient (Wildman–Crippen LogP) is 4.20. The van der Waals surface area contributed by atoms with Gasteiger partial charge in [0.05, 0.1) is 0 Å². The van der Waals surface area contributed by atoms with Crippen molar-refractivity contribution in [2.24, 2.45) is 0 Å². The van der Waals surface area contributed by atoms with Crippen LogP contribution in [0.5, 0.6) is 0 Å². The molecule has 0 unspecified atom stereocenters. The molecular weight excluding hydrogens is 366 g/mol. The summed E-state index contributed by atoms with van der Waals surface area (Å²) in [6, 6.07) is 15.5. The van der Waals surface area contributed by atoms with Crippen LogP contribution in [0.2, 0.25) is 0 Å². The molecular formula is C19H18BrN3O.